The van der Waals surface area contributed by atoms with Crippen LogP contribution in [0.3, 0.4) is 0 Å². The van der Waals surface area contributed by atoms with Crippen LogP contribution in [0.2, 0.25) is 0 Å². The molecule has 0 aromatic heterocycles. The van der Waals surface area contributed by atoms with Crippen molar-refractivity contribution in [2.24, 2.45) is 0 Å². The van der Waals surface area contributed by atoms with Crippen LogP contribution in [0.15, 0.2) is 54.6 Å². The number of nitro benzene ring substituents is 1. The highest BCUT2D eigenvalue weighted by atomic mass is 16.6. The first-order valence-electron chi connectivity index (χ1n) is 10.5. The van der Waals surface area contributed by atoms with E-state index >= 15 is 0 Å². The molecule has 0 atom stereocenters. The van der Waals surface area contributed by atoms with Crippen LogP contribution >= 0.6 is 0 Å². The molecule has 0 fully saturated rings. The number of ether oxygens (including phenoxy) is 3. The van der Waals surface area contributed by atoms with E-state index in [1.54, 1.807) is 26.2 Å². The standard InChI is InChI=1S/C25H29NO6/c1-19(2)25(27)32-17-7-5-4-6-16-31-23-15-12-21(18-24(23)30-3)9-8-20-10-13-22(14-11-20)26(28)29/h8-15,18H,1,4-7,16-17H2,2-3H3/b9-8+. The summed E-state index contributed by atoms with van der Waals surface area (Å²) in [4.78, 5) is 21.6. The van der Waals surface area contributed by atoms with Gasteiger partial charge in [-0.3, -0.25) is 10.1 Å². The number of esters is 1. The average Bonchev–Trinajstić information content (AvgIpc) is 2.79. The highest BCUT2D eigenvalue weighted by molar-refractivity contribution is 5.86. The molecule has 0 spiro atoms. The van der Waals surface area contributed by atoms with E-state index in [0.717, 1.165) is 36.8 Å². The van der Waals surface area contributed by atoms with Gasteiger partial charge in [0.25, 0.3) is 5.69 Å². The molecule has 0 aliphatic carbocycles. The zero-order valence-electron chi connectivity index (χ0n) is 18.5. The van der Waals surface area contributed by atoms with Crippen molar-refractivity contribution in [1.82, 2.24) is 0 Å². The van der Waals surface area contributed by atoms with E-state index in [-0.39, 0.29) is 11.7 Å². The van der Waals surface area contributed by atoms with Crippen LogP contribution in [0.5, 0.6) is 11.5 Å². The minimum absolute atomic E-state index is 0.0662. The molecule has 0 bridgehead atoms. The van der Waals surface area contributed by atoms with Gasteiger partial charge in [-0.25, -0.2) is 4.79 Å². The predicted molar refractivity (Wildman–Crippen MR) is 125 cm³/mol. The van der Waals surface area contributed by atoms with Crippen molar-refractivity contribution in [1.29, 1.82) is 0 Å². The third-order valence-electron chi connectivity index (χ3n) is 4.64. The molecule has 2 aromatic rings. The van der Waals surface area contributed by atoms with E-state index < -0.39 is 4.92 Å². The molecule has 170 valence electrons. The summed E-state index contributed by atoms with van der Waals surface area (Å²) in [6.07, 6.45) is 7.43. The van der Waals surface area contributed by atoms with Crippen molar-refractivity contribution < 1.29 is 23.9 Å². The molecule has 0 aliphatic heterocycles. The summed E-state index contributed by atoms with van der Waals surface area (Å²) >= 11 is 0. The first-order chi connectivity index (χ1) is 15.4. The molecule has 0 unspecified atom stereocenters. The zero-order chi connectivity index (χ0) is 23.3. The van der Waals surface area contributed by atoms with Crippen molar-refractivity contribution in [3.05, 3.63) is 75.9 Å². The maximum Gasteiger partial charge on any atom is 0.333 e. The summed E-state index contributed by atoms with van der Waals surface area (Å²) in [5.41, 5.74) is 2.28. The highest BCUT2D eigenvalue weighted by Crippen LogP contribution is 2.29. The molecule has 0 aliphatic rings. The summed E-state index contributed by atoms with van der Waals surface area (Å²) in [6, 6.07) is 12.0. The van der Waals surface area contributed by atoms with Crippen LogP contribution in [0, 0.1) is 10.1 Å². The monoisotopic (exact) mass is 439 g/mol. The molecule has 0 amide bonds. The molecule has 7 heteroatoms. The minimum Gasteiger partial charge on any atom is -0.493 e. The number of methoxy groups -OCH3 is 1. The smallest absolute Gasteiger partial charge is 0.333 e. The van der Waals surface area contributed by atoms with Gasteiger partial charge in [0.1, 0.15) is 0 Å². The molecule has 2 rings (SSSR count). The number of nitrogens with zero attached hydrogens (tertiary/aromatic N) is 1. The van der Waals surface area contributed by atoms with Gasteiger partial charge in [0.2, 0.25) is 0 Å². The molecule has 0 saturated carbocycles. The van der Waals surface area contributed by atoms with Crippen molar-refractivity contribution in [2.75, 3.05) is 20.3 Å². The fourth-order valence-electron chi connectivity index (χ4n) is 2.83. The number of carbonyl (C=O) groups excluding carboxylic acids is 1. The van der Waals surface area contributed by atoms with Crippen LogP contribution in [-0.2, 0) is 9.53 Å². The Kier molecular flexibility index (Phi) is 9.97. The van der Waals surface area contributed by atoms with Crippen LogP contribution in [0.4, 0.5) is 5.69 Å². The lowest BCUT2D eigenvalue weighted by molar-refractivity contribution is -0.384. The molecule has 0 radical (unpaired) electrons. The Balaban J connectivity index is 1.77. The molecule has 0 heterocycles. The fraction of sp³-hybridized carbons (Fsp3) is 0.320. The number of nitro groups is 1. The lowest BCUT2D eigenvalue weighted by Crippen LogP contribution is -2.06. The van der Waals surface area contributed by atoms with Gasteiger partial charge >= 0.3 is 5.97 Å². The summed E-state index contributed by atoms with van der Waals surface area (Å²) in [7, 11) is 1.60. The van der Waals surface area contributed by atoms with E-state index in [4.69, 9.17) is 14.2 Å². The van der Waals surface area contributed by atoms with Gasteiger partial charge in [-0.05, 0) is 68.0 Å². The van der Waals surface area contributed by atoms with Crippen LogP contribution in [-0.4, -0.2) is 31.2 Å². The Hall–Kier alpha value is -3.61. The number of carbonyl (C=O) groups is 1. The molecular formula is C25H29NO6. The Morgan fingerprint density at radius 2 is 1.59 bits per heavy atom. The van der Waals surface area contributed by atoms with Gasteiger partial charge in [-0.2, -0.15) is 0 Å². The largest absolute Gasteiger partial charge is 0.493 e. The second kappa shape index (κ2) is 12.9. The maximum absolute atomic E-state index is 11.3. The first-order valence-corrected chi connectivity index (χ1v) is 10.5. The lowest BCUT2D eigenvalue weighted by atomic mass is 10.1. The molecule has 32 heavy (non-hydrogen) atoms. The first kappa shape index (κ1) is 24.7. The van der Waals surface area contributed by atoms with Gasteiger partial charge in [0.15, 0.2) is 11.5 Å². The zero-order valence-corrected chi connectivity index (χ0v) is 18.5. The SMILES string of the molecule is C=C(C)C(=O)OCCCCCCOc1ccc(/C=C/c2ccc([N+](=O)[O-])cc2)cc1OC. The highest BCUT2D eigenvalue weighted by Gasteiger charge is 2.06. The van der Waals surface area contributed by atoms with Crippen LogP contribution in [0.25, 0.3) is 12.2 Å². The van der Waals surface area contributed by atoms with Gasteiger partial charge in [-0.1, -0.05) is 24.8 Å². The Bertz CT molecular complexity index is 949. The summed E-state index contributed by atoms with van der Waals surface area (Å²) in [5, 5.41) is 10.7. The summed E-state index contributed by atoms with van der Waals surface area (Å²) in [6.45, 7) is 6.17. The van der Waals surface area contributed by atoms with Crippen molar-refractivity contribution in [3.8, 4) is 11.5 Å². The number of benzene rings is 2. The van der Waals surface area contributed by atoms with E-state index in [0.29, 0.717) is 30.3 Å². The Morgan fingerprint density at radius 3 is 2.22 bits per heavy atom. The van der Waals surface area contributed by atoms with Gasteiger partial charge in [-0.15, -0.1) is 0 Å². The summed E-state index contributed by atoms with van der Waals surface area (Å²) < 4.78 is 16.4. The summed E-state index contributed by atoms with van der Waals surface area (Å²) in [5.74, 6) is 0.976. The van der Waals surface area contributed by atoms with Crippen molar-refractivity contribution >= 4 is 23.8 Å². The van der Waals surface area contributed by atoms with Crippen molar-refractivity contribution in [2.45, 2.75) is 32.6 Å². The van der Waals surface area contributed by atoms with E-state index in [1.165, 1.54) is 12.1 Å². The van der Waals surface area contributed by atoms with Gasteiger partial charge in [0, 0.05) is 17.7 Å². The number of non-ortho nitro benzene ring substituents is 1. The van der Waals surface area contributed by atoms with Crippen molar-refractivity contribution in [3.63, 3.8) is 0 Å². The minimum atomic E-state index is -0.418. The number of hydrogen-bond donors (Lipinski definition) is 0. The lowest BCUT2D eigenvalue weighted by Gasteiger charge is -2.11. The maximum atomic E-state index is 11.3. The molecule has 0 saturated heterocycles. The molecule has 7 nitrogen and oxygen atoms in total. The van der Waals surface area contributed by atoms with Crippen LogP contribution < -0.4 is 9.47 Å². The second-order valence-corrected chi connectivity index (χ2v) is 7.27. The fourth-order valence-corrected chi connectivity index (χ4v) is 2.83. The normalized spacial score (nSPS) is 10.7. The number of rotatable bonds is 13. The van der Waals surface area contributed by atoms with Crippen LogP contribution in [0.1, 0.15) is 43.7 Å². The van der Waals surface area contributed by atoms with Gasteiger partial charge in [0.05, 0.1) is 25.2 Å². The molecule has 0 N–H and O–H groups in total. The topological polar surface area (TPSA) is 87.9 Å². The Morgan fingerprint density at radius 1 is 0.969 bits per heavy atom. The van der Waals surface area contributed by atoms with E-state index in [9.17, 15) is 14.9 Å². The number of hydrogen-bond acceptors (Lipinski definition) is 6. The quantitative estimate of drug-likeness (QED) is 0.0974. The predicted octanol–water partition coefficient (Wildman–Crippen LogP) is 5.83. The third-order valence-corrected chi connectivity index (χ3v) is 4.64. The Labute approximate surface area is 188 Å². The van der Waals surface area contributed by atoms with E-state index in [1.807, 2.05) is 30.4 Å². The molecular weight excluding hydrogens is 410 g/mol. The molecule has 2 aromatic carbocycles. The third kappa shape index (κ3) is 8.26. The second-order valence-electron chi connectivity index (χ2n) is 7.27. The van der Waals surface area contributed by atoms with Gasteiger partial charge < -0.3 is 14.2 Å². The number of unbranched alkanes of at least 4 members (excludes halogenated alkanes) is 3. The average molecular weight is 440 g/mol. The van der Waals surface area contributed by atoms with E-state index in [2.05, 4.69) is 6.58 Å².